The standard InChI is InChI=1S/C38H46FN5O12/c1-20-23(53-34(49)52-20)17-50-26(45)16-35(2,3)56-33(48)42-28-27-29(43-32(39)41-28)44(19-40-27)25-13-24(54-31(47)38-11-7-22(15-38)8-12-38)36(4,55-25)18-51-30(46)37-9-5-21(14-37)6-10-37/h19,21-22,24-25H,5-18H2,1-4H3,(H,41,42,43,48)/t21?,22?,24-,25+,36+,37?,38?/m0/s1. The predicted molar refractivity (Wildman–Crippen MR) is 188 cm³/mol. The SMILES string of the molecule is Cc1oc(=O)oc1COC(=O)CC(C)(C)OC(=O)Nc1nc(F)nc2c1ncn2[C@H]1C[C@H](OC(=O)C23CCC(CC2)C3)[C@@](C)(COC(=O)C23CCC(CC2)C3)O1. The normalized spacial score (nSPS) is 30.5. The van der Waals surface area contributed by atoms with Crippen molar-refractivity contribution in [2.45, 2.75) is 135 Å². The van der Waals surface area contributed by atoms with Crippen LogP contribution in [0.3, 0.4) is 0 Å². The Labute approximate surface area is 320 Å². The van der Waals surface area contributed by atoms with Gasteiger partial charge in [-0.2, -0.15) is 14.4 Å². The van der Waals surface area contributed by atoms with Crippen LogP contribution in [-0.2, 0) is 44.7 Å². The first-order valence-electron chi connectivity index (χ1n) is 19.3. The molecule has 4 heterocycles. The van der Waals surface area contributed by atoms with Crippen molar-refractivity contribution in [2.24, 2.45) is 22.7 Å². The maximum atomic E-state index is 15.0. The number of carbonyl (C=O) groups is 4. The van der Waals surface area contributed by atoms with Gasteiger partial charge >= 0.3 is 35.9 Å². The van der Waals surface area contributed by atoms with E-state index in [2.05, 4.69) is 20.3 Å². The van der Waals surface area contributed by atoms with E-state index in [1.165, 1.54) is 31.7 Å². The summed E-state index contributed by atoms with van der Waals surface area (Å²) in [5, 5.41) is 2.39. The summed E-state index contributed by atoms with van der Waals surface area (Å²) >= 11 is 0. The molecular formula is C38H46FN5O12. The number of aryl methyl sites for hydroxylation is 1. The summed E-state index contributed by atoms with van der Waals surface area (Å²) in [5.41, 5.74) is -3.67. The highest BCUT2D eigenvalue weighted by molar-refractivity contribution is 5.93. The molecule has 4 aliphatic carbocycles. The molecule has 3 aromatic heterocycles. The van der Waals surface area contributed by atoms with E-state index in [1.54, 1.807) is 6.92 Å². The first kappa shape index (κ1) is 38.0. The van der Waals surface area contributed by atoms with Crippen LogP contribution in [0.1, 0.15) is 116 Å². The van der Waals surface area contributed by atoms with E-state index < -0.39 is 58.3 Å². The molecule has 1 amide bonds. The Morgan fingerprint density at radius 3 is 2.25 bits per heavy atom. The average Bonchev–Trinajstić information content (AvgIpc) is 4.00. The number of amides is 1. The van der Waals surface area contributed by atoms with Gasteiger partial charge in [0.05, 0.1) is 23.6 Å². The third-order valence-electron chi connectivity index (χ3n) is 12.7. The average molecular weight is 784 g/mol. The molecule has 0 unspecified atom stereocenters. The third-order valence-corrected chi connectivity index (χ3v) is 12.7. The van der Waals surface area contributed by atoms with Crippen LogP contribution in [0.15, 0.2) is 20.0 Å². The van der Waals surface area contributed by atoms with Gasteiger partial charge in [-0.05, 0) is 104 Å². The lowest BCUT2D eigenvalue weighted by atomic mass is 9.84. The van der Waals surface area contributed by atoms with Gasteiger partial charge in [0.15, 0.2) is 35.1 Å². The zero-order chi connectivity index (χ0) is 39.6. The number of nitrogens with one attached hydrogen (secondary N) is 1. The number of carbonyl (C=O) groups excluding carboxylic acids is 4. The molecule has 18 heteroatoms. The van der Waals surface area contributed by atoms with Crippen LogP contribution < -0.4 is 11.1 Å². The Balaban J connectivity index is 0.967. The number of rotatable bonds is 12. The van der Waals surface area contributed by atoms with Crippen molar-refractivity contribution in [3.63, 3.8) is 0 Å². The summed E-state index contributed by atoms with van der Waals surface area (Å²) < 4.78 is 55.5. The minimum Gasteiger partial charge on any atom is -0.462 e. The summed E-state index contributed by atoms with van der Waals surface area (Å²) in [7, 11) is 0. The number of esters is 3. The number of ether oxygens (including phenoxy) is 5. The minimum absolute atomic E-state index is 0.00711. The van der Waals surface area contributed by atoms with Crippen LogP contribution in [0.2, 0.25) is 0 Å². The first-order chi connectivity index (χ1) is 26.5. The number of hydrogen-bond acceptors (Lipinski definition) is 15. The third kappa shape index (κ3) is 7.15. The van der Waals surface area contributed by atoms with Gasteiger partial charge in [0, 0.05) is 6.42 Å². The quantitative estimate of drug-likeness (QED) is 0.135. The van der Waals surface area contributed by atoms with Gasteiger partial charge < -0.3 is 32.5 Å². The lowest BCUT2D eigenvalue weighted by molar-refractivity contribution is -0.184. The van der Waals surface area contributed by atoms with Crippen LogP contribution in [-0.4, -0.2) is 67.4 Å². The lowest BCUT2D eigenvalue weighted by Gasteiger charge is -2.34. The minimum atomic E-state index is -1.40. The van der Waals surface area contributed by atoms with Crippen molar-refractivity contribution < 1.29 is 56.1 Å². The van der Waals surface area contributed by atoms with Gasteiger partial charge in [0.2, 0.25) is 0 Å². The molecule has 0 radical (unpaired) electrons. The summed E-state index contributed by atoms with van der Waals surface area (Å²) in [6, 6.07) is 0. The van der Waals surface area contributed by atoms with Crippen LogP contribution in [0.25, 0.3) is 11.2 Å². The van der Waals surface area contributed by atoms with Gasteiger partial charge in [-0.25, -0.2) is 14.6 Å². The summed E-state index contributed by atoms with van der Waals surface area (Å²) in [6.45, 7) is 5.64. The Morgan fingerprint density at radius 2 is 1.64 bits per heavy atom. The molecule has 1 saturated heterocycles. The molecule has 5 fully saturated rings. The van der Waals surface area contributed by atoms with Crippen molar-refractivity contribution >= 4 is 41.0 Å². The van der Waals surface area contributed by atoms with Gasteiger partial charge in [0.25, 0.3) is 0 Å². The van der Waals surface area contributed by atoms with Crippen LogP contribution >= 0.6 is 0 Å². The van der Waals surface area contributed by atoms with E-state index in [9.17, 15) is 24.0 Å². The first-order valence-corrected chi connectivity index (χ1v) is 19.3. The van der Waals surface area contributed by atoms with Gasteiger partial charge in [-0.1, -0.05) is 0 Å². The summed E-state index contributed by atoms with van der Waals surface area (Å²) in [6.07, 6.45) is 5.94. The molecule has 302 valence electrons. The van der Waals surface area contributed by atoms with Crippen molar-refractivity contribution in [3.05, 3.63) is 34.5 Å². The number of fused-ring (bicyclic) bond motifs is 5. The maximum Gasteiger partial charge on any atom is 0.519 e. The topological polar surface area (TPSA) is 213 Å². The van der Waals surface area contributed by atoms with E-state index in [0.29, 0.717) is 11.8 Å². The molecule has 3 aromatic rings. The summed E-state index contributed by atoms with van der Waals surface area (Å²) in [4.78, 5) is 76.1. The molecule has 17 nitrogen and oxygen atoms in total. The maximum absolute atomic E-state index is 15.0. The monoisotopic (exact) mass is 783 g/mol. The predicted octanol–water partition coefficient (Wildman–Crippen LogP) is 5.57. The largest absolute Gasteiger partial charge is 0.519 e. The fourth-order valence-corrected chi connectivity index (χ4v) is 9.56. The van der Waals surface area contributed by atoms with Crippen molar-refractivity contribution in [1.29, 1.82) is 0 Å². The fourth-order valence-electron chi connectivity index (χ4n) is 9.56. The number of nitrogens with zero attached hydrogens (tertiary/aromatic N) is 4. The summed E-state index contributed by atoms with van der Waals surface area (Å²) in [5.74, 6) is -1.25. The fraction of sp³-hybridized carbons (Fsp3) is 0.684. The molecule has 4 saturated carbocycles. The Morgan fingerprint density at radius 1 is 0.982 bits per heavy atom. The van der Waals surface area contributed by atoms with E-state index in [-0.39, 0.29) is 66.5 Å². The molecule has 0 aromatic carbocycles. The zero-order valence-corrected chi connectivity index (χ0v) is 31.9. The van der Waals surface area contributed by atoms with Crippen LogP contribution in [0.4, 0.5) is 15.0 Å². The molecule has 56 heavy (non-hydrogen) atoms. The molecule has 1 N–H and O–H groups in total. The second-order valence-electron chi connectivity index (χ2n) is 17.2. The molecule has 0 spiro atoms. The van der Waals surface area contributed by atoms with Gasteiger partial charge in [-0.3, -0.25) is 24.3 Å². The van der Waals surface area contributed by atoms with E-state index in [1.807, 2.05) is 0 Å². The molecule has 1 aliphatic heterocycles. The van der Waals surface area contributed by atoms with Crippen LogP contribution in [0.5, 0.6) is 0 Å². The highest BCUT2D eigenvalue weighted by atomic mass is 19.1. The van der Waals surface area contributed by atoms with E-state index in [4.69, 9.17) is 32.5 Å². The second kappa shape index (κ2) is 14.0. The Kier molecular flexibility index (Phi) is 9.47. The molecular weight excluding hydrogens is 737 g/mol. The highest BCUT2D eigenvalue weighted by Gasteiger charge is 2.57. The Bertz CT molecular complexity index is 2110. The Hall–Kier alpha value is -4.87. The van der Waals surface area contributed by atoms with Crippen molar-refractivity contribution in [3.8, 4) is 0 Å². The van der Waals surface area contributed by atoms with Crippen molar-refractivity contribution in [1.82, 2.24) is 19.5 Å². The lowest BCUT2D eigenvalue weighted by Crippen LogP contribution is -2.46. The van der Waals surface area contributed by atoms with E-state index >= 15 is 4.39 Å². The number of anilines is 1. The zero-order valence-electron chi connectivity index (χ0n) is 31.9. The van der Waals surface area contributed by atoms with Crippen molar-refractivity contribution in [2.75, 3.05) is 11.9 Å². The smallest absolute Gasteiger partial charge is 0.462 e. The highest BCUT2D eigenvalue weighted by Crippen LogP contribution is 2.56. The number of imidazole rings is 1. The second-order valence-corrected chi connectivity index (χ2v) is 17.2. The molecule has 4 bridgehead atoms. The van der Waals surface area contributed by atoms with Gasteiger partial charge in [-0.15, -0.1) is 0 Å². The molecule has 5 aliphatic rings. The number of halogens is 1. The van der Waals surface area contributed by atoms with E-state index in [0.717, 1.165) is 64.2 Å². The number of aromatic nitrogens is 4. The van der Waals surface area contributed by atoms with Gasteiger partial charge in [0.1, 0.15) is 30.1 Å². The molecule has 3 atom stereocenters. The number of hydrogen-bond donors (Lipinski definition) is 1. The van der Waals surface area contributed by atoms with Crippen LogP contribution in [0, 0.1) is 35.7 Å². The molecule has 8 rings (SSSR count).